The zero-order valence-electron chi connectivity index (χ0n) is 19.3. The summed E-state index contributed by atoms with van der Waals surface area (Å²) >= 11 is 6.06. The van der Waals surface area contributed by atoms with E-state index in [2.05, 4.69) is 24.4 Å². The van der Waals surface area contributed by atoms with Crippen LogP contribution in [0.4, 0.5) is 4.79 Å². The Morgan fingerprint density at radius 3 is 2.36 bits per heavy atom. The number of benzene rings is 1. The van der Waals surface area contributed by atoms with Crippen molar-refractivity contribution in [1.82, 2.24) is 10.2 Å². The number of esters is 1. The number of sulfone groups is 1. The highest BCUT2D eigenvalue weighted by atomic mass is 35.5. The van der Waals surface area contributed by atoms with Gasteiger partial charge < -0.3 is 15.0 Å². The standard InChI is InChI=1S/C24H33ClN2O5S/c1-3-23(18-4-6-19(25)7-5-18)9-11-27(12-10-23)22(29)26-20-8-13-33(30,31)24(16-20)14-17(15-24)21(28)32-2/h4-7,17,20H,3,8-16H2,1-2H3,(H,26,29). The van der Waals surface area contributed by atoms with Gasteiger partial charge in [0, 0.05) is 24.2 Å². The third-order valence-corrected chi connectivity index (χ3v) is 11.1. The third kappa shape index (κ3) is 4.48. The van der Waals surface area contributed by atoms with E-state index in [1.165, 1.54) is 12.7 Å². The SMILES string of the molecule is CCC1(c2ccc(Cl)cc2)CCN(C(=O)NC2CCS(=O)(=O)C3(C2)CC(C(=O)OC)C3)CC1. The Hall–Kier alpha value is -1.80. The Kier molecular flexibility index (Phi) is 6.71. The van der Waals surface area contributed by atoms with Crippen LogP contribution in [-0.2, 0) is 24.8 Å². The van der Waals surface area contributed by atoms with Gasteiger partial charge >= 0.3 is 12.0 Å². The van der Waals surface area contributed by atoms with Gasteiger partial charge in [-0.1, -0.05) is 30.7 Å². The Morgan fingerprint density at radius 1 is 1.15 bits per heavy atom. The summed E-state index contributed by atoms with van der Waals surface area (Å²) in [5.74, 6) is -0.673. The summed E-state index contributed by atoms with van der Waals surface area (Å²) in [5.41, 5.74) is 1.30. The van der Waals surface area contributed by atoms with Gasteiger partial charge in [-0.3, -0.25) is 4.79 Å². The molecule has 1 unspecified atom stereocenters. The molecule has 4 rings (SSSR count). The summed E-state index contributed by atoms with van der Waals surface area (Å²) in [4.78, 5) is 26.7. The molecule has 1 aromatic rings. The minimum atomic E-state index is -3.29. The van der Waals surface area contributed by atoms with Gasteiger partial charge in [-0.05, 0) is 68.1 Å². The summed E-state index contributed by atoms with van der Waals surface area (Å²) in [6, 6.07) is 7.69. The lowest BCUT2D eigenvalue weighted by atomic mass is 9.70. The van der Waals surface area contributed by atoms with Crippen LogP contribution < -0.4 is 5.32 Å². The highest BCUT2D eigenvalue weighted by Crippen LogP contribution is 2.50. The van der Waals surface area contributed by atoms with E-state index in [1.807, 2.05) is 17.0 Å². The average Bonchev–Trinajstić information content (AvgIpc) is 2.78. The van der Waals surface area contributed by atoms with Gasteiger partial charge in [0.1, 0.15) is 0 Å². The van der Waals surface area contributed by atoms with Crippen molar-refractivity contribution in [2.45, 2.75) is 68.1 Å². The first-order valence-corrected chi connectivity index (χ1v) is 13.8. The Labute approximate surface area is 201 Å². The van der Waals surface area contributed by atoms with Crippen molar-refractivity contribution in [3.63, 3.8) is 0 Å². The molecular formula is C24H33ClN2O5S. The molecule has 0 radical (unpaired) electrons. The number of rotatable bonds is 4. The fourth-order valence-electron chi connectivity index (χ4n) is 5.96. The van der Waals surface area contributed by atoms with Crippen LogP contribution in [0.25, 0.3) is 0 Å². The monoisotopic (exact) mass is 496 g/mol. The maximum atomic E-state index is 13.0. The fourth-order valence-corrected chi connectivity index (χ4v) is 8.48. The van der Waals surface area contributed by atoms with Gasteiger partial charge in [0.25, 0.3) is 0 Å². The Balaban J connectivity index is 1.35. The van der Waals surface area contributed by atoms with Gasteiger partial charge in [-0.15, -0.1) is 0 Å². The van der Waals surface area contributed by atoms with Gasteiger partial charge in [0.2, 0.25) is 0 Å². The van der Waals surface area contributed by atoms with Crippen molar-refractivity contribution in [1.29, 1.82) is 0 Å². The van der Waals surface area contributed by atoms with E-state index >= 15 is 0 Å². The molecule has 1 spiro atoms. The molecule has 2 aliphatic heterocycles. The van der Waals surface area contributed by atoms with Crippen LogP contribution in [0, 0.1) is 5.92 Å². The first-order chi connectivity index (χ1) is 15.6. The Bertz CT molecular complexity index is 996. The largest absolute Gasteiger partial charge is 0.469 e. The quantitative estimate of drug-likeness (QED) is 0.642. The van der Waals surface area contributed by atoms with Crippen LogP contribution in [0.15, 0.2) is 24.3 Å². The number of carbonyl (C=O) groups is 2. The van der Waals surface area contributed by atoms with Gasteiger partial charge in [0.15, 0.2) is 9.84 Å². The second kappa shape index (κ2) is 9.10. The molecule has 1 aliphatic carbocycles. The van der Waals surface area contributed by atoms with E-state index in [9.17, 15) is 18.0 Å². The minimum Gasteiger partial charge on any atom is -0.469 e. The van der Waals surface area contributed by atoms with Crippen LogP contribution in [0.5, 0.6) is 0 Å². The maximum absolute atomic E-state index is 13.0. The summed E-state index contributed by atoms with van der Waals surface area (Å²) in [5, 5.41) is 3.81. The summed E-state index contributed by atoms with van der Waals surface area (Å²) in [7, 11) is -1.97. The molecule has 2 amide bonds. The predicted octanol–water partition coefficient (Wildman–Crippen LogP) is 3.69. The summed E-state index contributed by atoms with van der Waals surface area (Å²) < 4.78 is 29.4. The molecular weight excluding hydrogens is 464 g/mol. The van der Waals surface area contributed by atoms with E-state index in [1.54, 1.807) is 0 Å². The molecule has 7 nitrogen and oxygen atoms in total. The molecule has 33 heavy (non-hydrogen) atoms. The van der Waals surface area contributed by atoms with Crippen LogP contribution >= 0.6 is 11.6 Å². The number of methoxy groups -OCH3 is 1. The van der Waals surface area contributed by atoms with Crippen LogP contribution in [0.3, 0.4) is 0 Å². The van der Waals surface area contributed by atoms with Crippen molar-refractivity contribution in [2.75, 3.05) is 26.0 Å². The topological polar surface area (TPSA) is 92.8 Å². The molecule has 0 bridgehead atoms. The van der Waals surface area contributed by atoms with Gasteiger partial charge in [-0.25, -0.2) is 13.2 Å². The van der Waals surface area contributed by atoms with E-state index in [0.29, 0.717) is 25.9 Å². The second-order valence-corrected chi connectivity index (χ2v) is 12.8. The molecule has 1 atom stereocenters. The van der Waals surface area contributed by atoms with Crippen LogP contribution in [-0.4, -0.2) is 62.1 Å². The normalized spacial score (nSPS) is 30.3. The highest BCUT2D eigenvalue weighted by Gasteiger charge is 2.58. The van der Waals surface area contributed by atoms with E-state index in [0.717, 1.165) is 24.3 Å². The fraction of sp³-hybridized carbons (Fsp3) is 0.667. The smallest absolute Gasteiger partial charge is 0.317 e. The lowest BCUT2D eigenvalue weighted by molar-refractivity contribution is -0.149. The number of nitrogens with one attached hydrogen (secondary N) is 1. The number of carbonyl (C=O) groups excluding carboxylic acids is 2. The van der Waals surface area contributed by atoms with E-state index < -0.39 is 14.6 Å². The minimum absolute atomic E-state index is 0.0408. The number of hydrogen-bond donors (Lipinski definition) is 1. The molecule has 1 aromatic carbocycles. The first kappa shape index (κ1) is 24.3. The zero-order chi connectivity index (χ0) is 23.9. The number of hydrogen-bond acceptors (Lipinski definition) is 5. The molecule has 3 fully saturated rings. The van der Waals surface area contributed by atoms with Crippen LogP contribution in [0.2, 0.25) is 5.02 Å². The highest BCUT2D eigenvalue weighted by molar-refractivity contribution is 7.92. The number of amides is 2. The molecule has 2 saturated heterocycles. The number of nitrogens with zero attached hydrogens (tertiary/aromatic N) is 1. The van der Waals surface area contributed by atoms with Crippen LogP contribution in [0.1, 0.15) is 57.4 Å². The summed E-state index contributed by atoms with van der Waals surface area (Å²) in [6.45, 7) is 3.50. The lowest BCUT2D eigenvalue weighted by Crippen LogP contribution is -2.61. The van der Waals surface area contributed by atoms with E-state index in [4.69, 9.17) is 16.3 Å². The number of urea groups is 1. The molecule has 9 heteroatoms. The lowest BCUT2D eigenvalue weighted by Gasteiger charge is -2.50. The zero-order valence-corrected chi connectivity index (χ0v) is 20.9. The maximum Gasteiger partial charge on any atom is 0.317 e. The van der Waals surface area contributed by atoms with Crippen molar-refractivity contribution >= 4 is 33.4 Å². The van der Waals surface area contributed by atoms with Crippen molar-refractivity contribution in [3.05, 3.63) is 34.9 Å². The van der Waals surface area contributed by atoms with Crippen molar-refractivity contribution < 1.29 is 22.7 Å². The first-order valence-electron chi connectivity index (χ1n) is 11.8. The third-order valence-electron chi connectivity index (χ3n) is 8.25. The molecule has 1 saturated carbocycles. The number of ether oxygens (including phenoxy) is 1. The van der Waals surface area contributed by atoms with Gasteiger partial charge in [-0.2, -0.15) is 0 Å². The molecule has 182 valence electrons. The predicted molar refractivity (Wildman–Crippen MR) is 127 cm³/mol. The van der Waals surface area contributed by atoms with E-state index in [-0.39, 0.29) is 48.0 Å². The number of likely N-dealkylation sites (tertiary alicyclic amines) is 1. The average molecular weight is 497 g/mol. The second-order valence-electron chi connectivity index (χ2n) is 9.90. The molecule has 2 heterocycles. The molecule has 3 aliphatic rings. The molecule has 0 aromatic heterocycles. The number of piperidine rings is 1. The van der Waals surface area contributed by atoms with Crippen molar-refractivity contribution in [3.8, 4) is 0 Å². The molecule has 1 N–H and O–H groups in total. The Morgan fingerprint density at radius 2 is 1.79 bits per heavy atom. The summed E-state index contributed by atoms with van der Waals surface area (Å²) in [6.07, 6.45) is 4.11. The number of halogens is 1. The van der Waals surface area contributed by atoms with Crippen molar-refractivity contribution in [2.24, 2.45) is 5.92 Å². The van der Waals surface area contributed by atoms with Gasteiger partial charge in [0.05, 0.1) is 23.5 Å².